The van der Waals surface area contributed by atoms with E-state index in [-0.39, 0.29) is 18.3 Å². The summed E-state index contributed by atoms with van der Waals surface area (Å²) in [4.78, 5) is 25.3. The molecule has 0 aliphatic heterocycles. The predicted octanol–water partition coefficient (Wildman–Crippen LogP) is 6.51. The van der Waals surface area contributed by atoms with E-state index >= 15 is 0 Å². The van der Waals surface area contributed by atoms with E-state index in [1.54, 1.807) is 12.1 Å². The van der Waals surface area contributed by atoms with Crippen LogP contribution in [0.15, 0.2) is 52.0 Å². The molecule has 0 atom stereocenters. The minimum atomic E-state index is -0.440. The van der Waals surface area contributed by atoms with Gasteiger partial charge in [-0.25, -0.2) is 5.43 Å². The van der Waals surface area contributed by atoms with E-state index in [1.807, 2.05) is 31.2 Å². The fourth-order valence-electron chi connectivity index (χ4n) is 4.03. The number of hydrazone groups is 1. The molecular weight excluding hydrogens is 501 g/mol. The maximum absolute atomic E-state index is 13.0. The SMILES string of the molecule is Cc1c(C(=O)Nc2ccc(C(C)C)cc2)oc2c1/C(=N/NC(=O)COc1ccc(Cl)cc1Cl)CCC2. The Morgan fingerprint density at radius 1 is 1.11 bits per heavy atom. The highest BCUT2D eigenvalue weighted by Gasteiger charge is 2.28. The Bertz CT molecular complexity index is 1310. The lowest BCUT2D eigenvalue weighted by Gasteiger charge is -2.13. The van der Waals surface area contributed by atoms with E-state index in [0.29, 0.717) is 57.3 Å². The lowest BCUT2D eigenvalue weighted by Crippen LogP contribution is -2.27. The Morgan fingerprint density at radius 3 is 2.56 bits per heavy atom. The van der Waals surface area contributed by atoms with Gasteiger partial charge in [0.15, 0.2) is 12.4 Å². The molecule has 188 valence electrons. The van der Waals surface area contributed by atoms with Gasteiger partial charge in [-0.3, -0.25) is 9.59 Å². The number of carbonyl (C=O) groups is 2. The van der Waals surface area contributed by atoms with Gasteiger partial charge in [-0.15, -0.1) is 0 Å². The number of anilines is 1. The summed E-state index contributed by atoms with van der Waals surface area (Å²) in [7, 11) is 0. The van der Waals surface area contributed by atoms with Gasteiger partial charge in [-0.1, -0.05) is 49.2 Å². The zero-order chi connectivity index (χ0) is 25.8. The number of nitrogens with zero attached hydrogens (tertiary/aromatic N) is 1. The number of hydrogen-bond acceptors (Lipinski definition) is 5. The second-order valence-corrected chi connectivity index (χ2v) is 9.74. The fourth-order valence-corrected chi connectivity index (χ4v) is 4.50. The number of nitrogens with one attached hydrogen (secondary N) is 2. The molecule has 2 aromatic carbocycles. The molecule has 0 spiro atoms. The Hall–Kier alpha value is -3.29. The summed E-state index contributed by atoms with van der Waals surface area (Å²) in [6.45, 7) is 5.80. The molecule has 36 heavy (non-hydrogen) atoms. The molecule has 1 aliphatic carbocycles. The lowest BCUT2D eigenvalue weighted by molar-refractivity contribution is -0.123. The first kappa shape index (κ1) is 25.8. The third-order valence-corrected chi connectivity index (χ3v) is 6.47. The first-order chi connectivity index (χ1) is 17.2. The van der Waals surface area contributed by atoms with Crippen LogP contribution in [-0.4, -0.2) is 24.1 Å². The van der Waals surface area contributed by atoms with Crippen LogP contribution in [0.5, 0.6) is 5.75 Å². The van der Waals surface area contributed by atoms with E-state index in [2.05, 4.69) is 29.7 Å². The molecule has 0 unspecified atom stereocenters. The Kier molecular flexibility index (Phi) is 8.01. The summed E-state index contributed by atoms with van der Waals surface area (Å²) < 4.78 is 11.4. The van der Waals surface area contributed by atoms with Crippen LogP contribution in [0.1, 0.15) is 65.6 Å². The van der Waals surface area contributed by atoms with Crippen molar-refractivity contribution in [3.63, 3.8) is 0 Å². The van der Waals surface area contributed by atoms with E-state index in [0.717, 1.165) is 12.0 Å². The number of furan rings is 1. The van der Waals surface area contributed by atoms with Gasteiger partial charge < -0.3 is 14.5 Å². The van der Waals surface area contributed by atoms with Crippen LogP contribution in [0, 0.1) is 6.92 Å². The van der Waals surface area contributed by atoms with Crippen molar-refractivity contribution in [2.45, 2.75) is 46.0 Å². The second kappa shape index (κ2) is 11.2. The number of aryl methyl sites for hydroxylation is 1. The predicted molar refractivity (Wildman–Crippen MR) is 142 cm³/mol. The number of halogens is 2. The first-order valence-electron chi connectivity index (χ1n) is 11.7. The topological polar surface area (TPSA) is 92.9 Å². The van der Waals surface area contributed by atoms with Crippen LogP contribution in [0.4, 0.5) is 5.69 Å². The van der Waals surface area contributed by atoms with Crippen LogP contribution in [0.25, 0.3) is 0 Å². The van der Waals surface area contributed by atoms with Crippen LogP contribution < -0.4 is 15.5 Å². The van der Waals surface area contributed by atoms with E-state index < -0.39 is 5.91 Å². The van der Waals surface area contributed by atoms with Crippen LogP contribution in [0.3, 0.4) is 0 Å². The van der Waals surface area contributed by atoms with Gasteiger partial charge in [0.2, 0.25) is 0 Å². The van der Waals surface area contributed by atoms with E-state index in [1.165, 1.54) is 11.6 Å². The van der Waals surface area contributed by atoms with Crippen molar-refractivity contribution >= 4 is 46.4 Å². The first-order valence-corrected chi connectivity index (χ1v) is 12.5. The molecule has 2 N–H and O–H groups in total. The number of ether oxygens (including phenoxy) is 1. The summed E-state index contributed by atoms with van der Waals surface area (Å²) in [5, 5.41) is 8.00. The molecular formula is C27H27Cl2N3O4. The van der Waals surface area contributed by atoms with Gasteiger partial charge in [-0.2, -0.15) is 5.10 Å². The van der Waals surface area contributed by atoms with Crippen molar-refractivity contribution in [1.82, 2.24) is 5.43 Å². The minimum absolute atomic E-state index is 0.245. The smallest absolute Gasteiger partial charge is 0.291 e. The van der Waals surface area contributed by atoms with E-state index in [4.69, 9.17) is 32.4 Å². The maximum atomic E-state index is 13.0. The number of amides is 2. The van der Waals surface area contributed by atoms with Crippen LogP contribution >= 0.6 is 23.2 Å². The molecule has 1 aromatic heterocycles. The third kappa shape index (κ3) is 5.91. The molecule has 1 aliphatic rings. The summed E-state index contributed by atoms with van der Waals surface area (Å²) >= 11 is 11.9. The number of fused-ring (bicyclic) bond motifs is 1. The molecule has 0 bridgehead atoms. The number of benzene rings is 2. The molecule has 0 saturated heterocycles. The summed E-state index contributed by atoms with van der Waals surface area (Å²) in [6.07, 6.45) is 2.14. The molecule has 0 saturated carbocycles. The zero-order valence-corrected chi connectivity index (χ0v) is 21.8. The quantitative estimate of drug-likeness (QED) is 0.342. The normalized spacial score (nSPS) is 14.0. The zero-order valence-electron chi connectivity index (χ0n) is 20.3. The maximum Gasteiger partial charge on any atom is 0.291 e. The van der Waals surface area contributed by atoms with Crippen molar-refractivity contribution in [3.05, 3.63) is 80.7 Å². The highest BCUT2D eigenvalue weighted by atomic mass is 35.5. The third-order valence-electron chi connectivity index (χ3n) is 5.94. The average Bonchev–Trinajstić information content (AvgIpc) is 3.19. The summed E-state index contributed by atoms with van der Waals surface area (Å²) in [5.41, 5.74) is 6.54. The van der Waals surface area contributed by atoms with Gasteiger partial charge in [-0.05, 0) is 61.6 Å². The molecule has 0 fully saturated rings. The molecule has 9 heteroatoms. The van der Waals surface area contributed by atoms with Gasteiger partial charge >= 0.3 is 0 Å². The Balaban J connectivity index is 1.44. The van der Waals surface area contributed by atoms with Crippen molar-refractivity contribution in [1.29, 1.82) is 0 Å². The minimum Gasteiger partial charge on any atom is -0.482 e. The van der Waals surface area contributed by atoms with Crippen molar-refractivity contribution < 1.29 is 18.7 Å². The van der Waals surface area contributed by atoms with Gasteiger partial charge in [0.25, 0.3) is 11.8 Å². The summed E-state index contributed by atoms with van der Waals surface area (Å²) in [6, 6.07) is 12.5. The van der Waals surface area contributed by atoms with Crippen molar-refractivity contribution in [2.75, 3.05) is 11.9 Å². The van der Waals surface area contributed by atoms with Crippen molar-refractivity contribution in [2.24, 2.45) is 5.10 Å². The Morgan fingerprint density at radius 2 is 1.86 bits per heavy atom. The van der Waals surface area contributed by atoms with Crippen molar-refractivity contribution in [3.8, 4) is 5.75 Å². The average molecular weight is 528 g/mol. The fraction of sp³-hybridized carbons (Fsp3) is 0.296. The van der Waals surface area contributed by atoms with Crippen LogP contribution in [-0.2, 0) is 11.2 Å². The van der Waals surface area contributed by atoms with Gasteiger partial charge in [0.1, 0.15) is 11.5 Å². The number of rotatable bonds is 7. The van der Waals surface area contributed by atoms with Crippen LogP contribution in [0.2, 0.25) is 10.0 Å². The molecule has 3 aromatic rings. The summed E-state index contributed by atoms with van der Waals surface area (Å²) in [5.74, 6) is 0.934. The highest BCUT2D eigenvalue weighted by Crippen LogP contribution is 2.31. The molecule has 1 heterocycles. The largest absolute Gasteiger partial charge is 0.482 e. The van der Waals surface area contributed by atoms with Gasteiger partial charge in [0, 0.05) is 28.3 Å². The molecule has 4 rings (SSSR count). The number of carbonyl (C=O) groups excluding carboxylic acids is 2. The second-order valence-electron chi connectivity index (χ2n) is 8.90. The molecule has 0 radical (unpaired) electrons. The standard InChI is InChI=1S/C27H27Cl2N3O4/c1-15(2)17-7-10-19(11-8-17)30-27(34)26-16(3)25-21(5-4-6-23(25)36-26)31-32-24(33)14-35-22-12-9-18(28)13-20(22)29/h7-13,15H,4-6,14H2,1-3H3,(H,30,34)(H,32,33)/b31-21+. The highest BCUT2D eigenvalue weighted by molar-refractivity contribution is 6.35. The monoisotopic (exact) mass is 527 g/mol. The number of hydrogen-bond donors (Lipinski definition) is 2. The van der Waals surface area contributed by atoms with E-state index in [9.17, 15) is 9.59 Å². The Labute approximate surface area is 219 Å². The van der Waals surface area contributed by atoms with Gasteiger partial charge in [0.05, 0.1) is 10.7 Å². The molecule has 2 amide bonds. The molecule has 7 nitrogen and oxygen atoms in total. The lowest BCUT2D eigenvalue weighted by atomic mass is 9.93.